The molecule has 1 unspecified atom stereocenters. The van der Waals surface area contributed by atoms with E-state index in [9.17, 15) is 0 Å². The zero-order valence-electron chi connectivity index (χ0n) is 9.12. The molecule has 0 aromatic rings. The minimum Gasteiger partial charge on any atom is -0.396 e. The molecule has 1 heterocycles. The molecule has 0 saturated carbocycles. The first kappa shape index (κ1) is 12.0. The van der Waals surface area contributed by atoms with E-state index in [1.54, 1.807) is 0 Å². The molecular weight excluding hydrogens is 176 g/mol. The molecule has 3 heteroatoms. The highest BCUT2D eigenvalue weighted by Gasteiger charge is 2.11. The van der Waals surface area contributed by atoms with Gasteiger partial charge in [0.25, 0.3) is 0 Å². The number of nitrogens with zero attached hydrogens (tertiary/aromatic N) is 1. The van der Waals surface area contributed by atoms with Crippen molar-refractivity contribution in [1.29, 1.82) is 0 Å². The van der Waals surface area contributed by atoms with Gasteiger partial charge in [0, 0.05) is 19.2 Å². The van der Waals surface area contributed by atoms with Gasteiger partial charge >= 0.3 is 0 Å². The quantitative estimate of drug-likeness (QED) is 0.711. The molecule has 1 fully saturated rings. The summed E-state index contributed by atoms with van der Waals surface area (Å²) in [7, 11) is 0. The van der Waals surface area contributed by atoms with Gasteiger partial charge in [0.2, 0.25) is 0 Å². The van der Waals surface area contributed by atoms with Crippen LogP contribution in [0, 0.1) is 0 Å². The molecule has 84 valence electrons. The first-order valence-electron chi connectivity index (χ1n) is 5.91. The van der Waals surface area contributed by atoms with Gasteiger partial charge in [0.1, 0.15) is 0 Å². The summed E-state index contributed by atoms with van der Waals surface area (Å²) in [5.74, 6) is 0. The number of aliphatic hydroxyl groups is 1. The second kappa shape index (κ2) is 7.21. The maximum Gasteiger partial charge on any atom is 0.0446 e. The van der Waals surface area contributed by atoms with Crippen LogP contribution in [0.4, 0.5) is 0 Å². The van der Waals surface area contributed by atoms with Crippen LogP contribution in [0.2, 0.25) is 0 Å². The van der Waals surface area contributed by atoms with Crippen molar-refractivity contribution in [1.82, 2.24) is 4.90 Å². The molecule has 0 radical (unpaired) electrons. The van der Waals surface area contributed by atoms with Gasteiger partial charge in [-0.1, -0.05) is 19.3 Å². The van der Waals surface area contributed by atoms with Gasteiger partial charge in [-0.3, -0.25) is 0 Å². The number of hydrogen-bond acceptors (Lipinski definition) is 3. The van der Waals surface area contributed by atoms with Gasteiger partial charge in [-0.05, 0) is 32.4 Å². The Morgan fingerprint density at radius 1 is 1.07 bits per heavy atom. The zero-order chi connectivity index (χ0) is 10.2. The number of nitrogens with two attached hydrogens (primary N) is 1. The lowest BCUT2D eigenvalue weighted by Crippen LogP contribution is -2.39. The van der Waals surface area contributed by atoms with Gasteiger partial charge < -0.3 is 15.7 Å². The third kappa shape index (κ3) is 4.94. The van der Waals surface area contributed by atoms with Crippen LogP contribution in [0.25, 0.3) is 0 Å². The maximum absolute atomic E-state index is 8.77. The summed E-state index contributed by atoms with van der Waals surface area (Å²) in [6.07, 6.45) is 7.49. The Morgan fingerprint density at radius 3 is 2.21 bits per heavy atom. The standard InChI is InChI=1S/C11H24N2O/c12-11(6-9-14)10-13-7-4-2-1-3-5-8-13/h11,14H,1-10,12H2. The second-order valence-corrected chi connectivity index (χ2v) is 4.34. The predicted octanol–water partition coefficient (Wildman–Crippen LogP) is 0.962. The molecule has 1 saturated heterocycles. The molecule has 1 atom stereocenters. The van der Waals surface area contributed by atoms with Crippen LogP contribution >= 0.6 is 0 Å². The van der Waals surface area contributed by atoms with E-state index in [4.69, 9.17) is 10.8 Å². The van der Waals surface area contributed by atoms with Crippen LogP contribution in [0.3, 0.4) is 0 Å². The Bertz CT molecular complexity index is 133. The number of likely N-dealkylation sites (tertiary alicyclic amines) is 1. The van der Waals surface area contributed by atoms with Gasteiger partial charge in [0.15, 0.2) is 0 Å². The number of aliphatic hydroxyl groups excluding tert-OH is 1. The molecule has 0 spiro atoms. The van der Waals surface area contributed by atoms with E-state index < -0.39 is 0 Å². The molecule has 1 aliphatic heterocycles. The highest BCUT2D eigenvalue weighted by molar-refractivity contribution is 4.69. The fourth-order valence-electron chi connectivity index (χ4n) is 2.08. The van der Waals surface area contributed by atoms with Crippen molar-refractivity contribution in [3.05, 3.63) is 0 Å². The summed E-state index contributed by atoms with van der Waals surface area (Å²) in [5, 5.41) is 8.77. The van der Waals surface area contributed by atoms with Crippen molar-refractivity contribution in [2.45, 2.75) is 44.6 Å². The first-order valence-corrected chi connectivity index (χ1v) is 5.91. The Balaban J connectivity index is 2.19. The predicted molar refractivity (Wildman–Crippen MR) is 59.2 cm³/mol. The fraction of sp³-hybridized carbons (Fsp3) is 1.00. The summed E-state index contributed by atoms with van der Waals surface area (Å²) in [5.41, 5.74) is 5.90. The molecule has 0 aliphatic carbocycles. The molecule has 3 nitrogen and oxygen atoms in total. The summed E-state index contributed by atoms with van der Waals surface area (Å²) in [6.45, 7) is 3.56. The monoisotopic (exact) mass is 200 g/mol. The Morgan fingerprint density at radius 2 is 1.64 bits per heavy atom. The first-order chi connectivity index (χ1) is 6.83. The van der Waals surface area contributed by atoms with Gasteiger partial charge in [-0.2, -0.15) is 0 Å². The van der Waals surface area contributed by atoms with E-state index in [0.717, 1.165) is 13.0 Å². The van der Waals surface area contributed by atoms with Crippen LogP contribution in [-0.4, -0.2) is 42.3 Å². The lowest BCUT2D eigenvalue weighted by molar-refractivity contribution is 0.211. The molecular formula is C11H24N2O. The zero-order valence-corrected chi connectivity index (χ0v) is 9.12. The van der Waals surface area contributed by atoms with Crippen LogP contribution < -0.4 is 5.73 Å². The number of rotatable bonds is 4. The summed E-state index contributed by atoms with van der Waals surface area (Å²) < 4.78 is 0. The normalized spacial score (nSPS) is 22.7. The third-order valence-corrected chi connectivity index (χ3v) is 2.94. The average molecular weight is 200 g/mol. The Kier molecular flexibility index (Phi) is 6.15. The van der Waals surface area contributed by atoms with Crippen LogP contribution in [-0.2, 0) is 0 Å². The van der Waals surface area contributed by atoms with Gasteiger partial charge in [-0.25, -0.2) is 0 Å². The van der Waals surface area contributed by atoms with Crippen molar-refractivity contribution in [3.63, 3.8) is 0 Å². The summed E-state index contributed by atoms with van der Waals surface area (Å²) >= 11 is 0. The molecule has 0 bridgehead atoms. The highest BCUT2D eigenvalue weighted by Crippen LogP contribution is 2.10. The van der Waals surface area contributed by atoms with E-state index in [0.29, 0.717) is 0 Å². The fourth-order valence-corrected chi connectivity index (χ4v) is 2.08. The largest absolute Gasteiger partial charge is 0.396 e. The molecule has 0 amide bonds. The van der Waals surface area contributed by atoms with Crippen molar-refractivity contribution in [2.75, 3.05) is 26.2 Å². The molecule has 1 rings (SSSR count). The maximum atomic E-state index is 8.77. The molecule has 0 aromatic heterocycles. The third-order valence-electron chi connectivity index (χ3n) is 2.94. The molecule has 3 N–H and O–H groups in total. The smallest absolute Gasteiger partial charge is 0.0446 e. The number of hydrogen-bond donors (Lipinski definition) is 2. The molecule has 14 heavy (non-hydrogen) atoms. The molecule has 1 aliphatic rings. The lowest BCUT2D eigenvalue weighted by atomic mass is 10.1. The minimum atomic E-state index is 0.152. The van der Waals surface area contributed by atoms with Gasteiger partial charge in [0.05, 0.1) is 0 Å². The minimum absolute atomic E-state index is 0.152. The van der Waals surface area contributed by atoms with Crippen molar-refractivity contribution < 1.29 is 5.11 Å². The topological polar surface area (TPSA) is 49.5 Å². The summed E-state index contributed by atoms with van der Waals surface area (Å²) in [6, 6.07) is 0.152. The average Bonchev–Trinajstić information content (AvgIpc) is 2.10. The van der Waals surface area contributed by atoms with E-state index in [1.807, 2.05) is 0 Å². The Hall–Kier alpha value is -0.120. The summed E-state index contributed by atoms with van der Waals surface area (Å²) in [4.78, 5) is 2.46. The second-order valence-electron chi connectivity index (χ2n) is 4.34. The van der Waals surface area contributed by atoms with Crippen LogP contribution in [0.5, 0.6) is 0 Å². The highest BCUT2D eigenvalue weighted by atomic mass is 16.3. The SMILES string of the molecule is NC(CCO)CN1CCCCCCC1. The van der Waals surface area contributed by atoms with Crippen LogP contribution in [0.1, 0.15) is 38.5 Å². The van der Waals surface area contributed by atoms with Crippen molar-refractivity contribution in [2.24, 2.45) is 5.73 Å². The lowest BCUT2D eigenvalue weighted by Gasteiger charge is -2.26. The molecule has 0 aromatic carbocycles. The van der Waals surface area contributed by atoms with E-state index >= 15 is 0 Å². The van der Waals surface area contributed by atoms with E-state index in [1.165, 1.54) is 45.2 Å². The van der Waals surface area contributed by atoms with Crippen molar-refractivity contribution in [3.8, 4) is 0 Å². The van der Waals surface area contributed by atoms with E-state index in [-0.39, 0.29) is 12.6 Å². The van der Waals surface area contributed by atoms with Gasteiger partial charge in [-0.15, -0.1) is 0 Å². The Labute approximate surface area is 87.3 Å². The van der Waals surface area contributed by atoms with Crippen LogP contribution in [0.15, 0.2) is 0 Å². The van der Waals surface area contributed by atoms with Crippen molar-refractivity contribution >= 4 is 0 Å². The van der Waals surface area contributed by atoms with E-state index in [2.05, 4.69) is 4.90 Å².